The number of methoxy groups -OCH3 is 2. The lowest BCUT2D eigenvalue weighted by molar-refractivity contribution is 0.412. The van der Waals surface area contributed by atoms with Crippen molar-refractivity contribution in [1.29, 1.82) is 0 Å². The van der Waals surface area contributed by atoms with Crippen molar-refractivity contribution in [3.05, 3.63) is 155 Å². The van der Waals surface area contributed by atoms with E-state index in [1.54, 1.807) is 86.3 Å². The van der Waals surface area contributed by atoms with Crippen molar-refractivity contribution < 1.29 is 27.7 Å². The summed E-state index contributed by atoms with van der Waals surface area (Å²) < 4.78 is 56.2. The van der Waals surface area contributed by atoms with Gasteiger partial charge in [0.15, 0.2) is 11.6 Å². The summed E-state index contributed by atoms with van der Waals surface area (Å²) in [6, 6.07) is 24.5. The molecular weight excluding hydrogens is 806 g/mol. The predicted octanol–water partition coefficient (Wildman–Crippen LogP) is 10.3. The van der Waals surface area contributed by atoms with E-state index >= 15 is 0 Å². The van der Waals surface area contributed by atoms with Crippen LogP contribution in [0.5, 0.6) is 34.8 Å². The summed E-state index contributed by atoms with van der Waals surface area (Å²) in [6.07, 6.45) is 7.16. The van der Waals surface area contributed by atoms with Crippen LogP contribution in [0, 0.1) is 39.3 Å². The van der Waals surface area contributed by atoms with Crippen molar-refractivity contribution >= 4 is 34.9 Å². The zero-order valence-corrected chi connectivity index (χ0v) is 34.5. The fourth-order valence-electron chi connectivity index (χ4n) is 6.40. The maximum Gasteiger partial charge on any atom is 0.253 e. The lowest BCUT2D eigenvalue weighted by Crippen LogP contribution is -2.38. The summed E-state index contributed by atoms with van der Waals surface area (Å²) in [6.45, 7) is 7.36. The highest BCUT2D eigenvalue weighted by Gasteiger charge is 2.30. The first-order chi connectivity index (χ1) is 29.4. The van der Waals surface area contributed by atoms with Crippen LogP contribution in [0.25, 0.3) is 11.4 Å². The second-order valence-electron chi connectivity index (χ2n) is 13.7. The minimum absolute atomic E-state index is 0.0223. The fourth-order valence-corrected chi connectivity index (χ4v) is 6.52. The maximum atomic E-state index is 14.4. The molecule has 0 bridgehead atoms. The molecule has 4 aromatic heterocycles. The van der Waals surface area contributed by atoms with Gasteiger partial charge in [0.05, 0.1) is 61.0 Å². The molecule has 0 radical (unpaired) electrons. The summed E-state index contributed by atoms with van der Waals surface area (Å²) in [5.41, 5.74) is 5.09. The van der Waals surface area contributed by atoms with Crippen molar-refractivity contribution in [2.75, 3.05) is 24.2 Å². The molecule has 8 rings (SSSR count). The molecule has 308 valence electrons. The summed E-state index contributed by atoms with van der Waals surface area (Å²) in [5.74, 6) is -0.134. The van der Waals surface area contributed by atoms with Crippen molar-refractivity contribution in [2.24, 2.45) is 0 Å². The number of nitrogens with zero attached hydrogens (tertiary/aromatic N) is 10. The van der Waals surface area contributed by atoms with Gasteiger partial charge in [-0.05, 0) is 88.4 Å². The molecule has 0 saturated heterocycles. The number of imidazole rings is 2. The zero-order chi connectivity index (χ0) is 42.8. The normalized spacial score (nSPS) is 11.0. The molecule has 0 aliphatic carbocycles. The summed E-state index contributed by atoms with van der Waals surface area (Å²) in [5, 5.41) is 3.92. The third kappa shape index (κ3) is 8.74. The van der Waals surface area contributed by atoms with Gasteiger partial charge in [-0.1, -0.05) is 11.6 Å². The number of hydrogen-bond acceptors (Lipinski definition) is 12. The first-order valence-electron chi connectivity index (χ1n) is 18.7. The van der Waals surface area contributed by atoms with Gasteiger partial charge in [0, 0.05) is 59.1 Å². The molecule has 17 heteroatoms. The number of aryl methyl sites for hydroxylation is 4. The number of rotatable bonds is 13. The van der Waals surface area contributed by atoms with Crippen LogP contribution >= 0.6 is 11.6 Å². The van der Waals surface area contributed by atoms with Gasteiger partial charge in [0.2, 0.25) is 11.8 Å². The highest BCUT2D eigenvalue weighted by Crippen LogP contribution is 2.41. The maximum absolute atomic E-state index is 14.4. The summed E-state index contributed by atoms with van der Waals surface area (Å²) >= 11 is 6.18. The van der Waals surface area contributed by atoms with Crippen molar-refractivity contribution in [3.8, 4) is 46.1 Å². The highest BCUT2D eigenvalue weighted by atomic mass is 35.5. The molecule has 0 aliphatic rings. The minimum atomic E-state index is -1.08. The van der Waals surface area contributed by atoms with E-state index in [0.29, 0.717) is 56.4 Å². The van der Waals surface area contributed by atoms with Gasteiger partial charge in [0.25, 0.3) is 11.9 Å². The Hall–Kier alpha value is -7.59. The highest BCUT2D eigenvalue weighted by molar-refractivity contribution is 6.30. The van der Waals surface area contributed by atoms with Gasteiger partial charge in [0.1, 0.15) is 23.0 Å². The lowest BCUT2D eigenvalue weighted by Gasteiger charge is -2.35. The number of hydrogen-bond donors (Lipinski definition) is 0. The van der Waals surface area contributed by atoms with E-state index in [0.717, 1.165) is 23.5 Å². The largest absolute Gasteiger partial charge is 0.494 e. The Kier molecular flexibility index (Phi) is 11.2. The molecule has 14 nitrogen and oxygen atoms in total. The van der Waals surface area contributed by atoms with Crippen LogP contribution in [0.3, 0.4) is 0 Å². The molecule has 0 amide bonds. The van der Waals surface area contributed by atoms with E-state index in [1.807, 2.05) is 72.6 Å². The molecule has 4 heterocycles. The quantitative estimate of drug-likeness (QED) is 0.102. The molecule has 61 heavy (non-hydrogen) atoms. The van der Waals surface area contributed by atoms with Gasteiger partial charge in [-0.25, -0.2) is 38.7 Å². The smallest absolute Gasteiger partial charge is 0.253 e. The van der Waals surface area contributed by atoms with Crippen LogP contribution in [-0.2, 0) is 0 Å². The Morgan fingerprint density at radius 1 is 0.525 bits per heavy atom. The van der Waals surface area contributed by atoms with Gasteiger partial charge < -0.3 is 28.1 Å². The van der Waals surface area contributed by atoms with E-state index < -0.39 is 11.6 Å². The SMILES string of the molecule is COc1cc(N(c2nc(C)cc(Oc3ccc(Cl)cc3)n2)N(c2ccc(-n3cnc(C)c3)c(OC)c2)c2nc(C)cc(Oc3ccc(F)c(F)c3)n2)ccc1-n1cnc(C)c1. The van der Waals surface area contributed by atoms with Crippen LogP contribution < -0.4 is 29.0 Å². The second kappa shape index (κ2) is 16.9. The molecule has 0 N–H and O–H groups in total. The van der Waals surface area contributed by atoms with Gasteiger partial charge in [-0.2, -0.15) is 9.97 Å². The molecule has 0 atom stereocenters. The molecule has 0 spiro atoms. The Morgan fingerprint density at radius 2 is 1.00 bits per heavy atom. The summed E-state index contributed by atoms with van der Waals surface area (Å²) in [4.78, 5) is 28.4. The molecular formula is C44H37ClF2N10O4. The predicted molar refractivity (Wildman–Crippen MR) is 225 cm³/mol. The molecule has 0 saturated carbocycles. The molecule has 0 fully saturated rings. The topological polar surface area (TPSA) is 131 Å². The first-order valence-corrected chi connectivity index (χ1v) is 19.1. The lowest BCUT2D eigenvalue weighted by atomic mass is 10.2. The number of anilines is 4. The van der Waals surface area contributed by atoms with Crippen molar-refractivity contribution in [1.82, 2.24) is 39.0 Å². The van der Waals surface area contributed by atoms with E-state index in [4.69, 9.17) is 50.5 Å². The Morgan fingerprint density at radius 3 is 1.44 bits per heavy atom. The van der Waals surface area contributed by atoms with E-state index in [9.17, 15) is 8.78 Å². The fraction of sp³-hybridized carbons (Fsp3) is 0.136. The van der Waals surface area contributed by atoms with Crippen LogP contribution in [-0.4, -0.2) is 53.3 Å². The van der Waals surface area contributed by atoms with Crippen LogP contribution in [0.1, 0.15) is 22.8 Å². The number of aromatic nitrogens is 8. The van der Waals surface area contributed by atoms with Crippen molar-refractivity contribution in [3.63, 3.8) is 0 Å². The third-order valence-electron chi connectivity index (χ3n) is 9.16. The van der Waals surface area contributed by atoms with Crippen LogP contribution in [0.4, 0.5) is 32.1 Å². The van der Waals surface area contributed by atoms with E-state index in [1.165, 1.54) is 6.07 Å². The third-order valence-corrected chi connectivity index (χ3v) is 9.41. The standard InChI is InChI=1S/C44H37ClF2N10O4/c1-26-17-41(60-33-11-7-30(45)8-12-33)52-43(50-26)56(31-9-15-37(39(19-31)58-5)54-22-28(3)48-24-54)57(32-10-16-38(40(20-32)59-6)55-23-29(4)49-25-55)44-51-27(2)18-42(53-44)61-34-13-14-35(46)36(47)21-34/h7-25H,1-6H3. The molecule has 0 aliphatic heterocycles. The van der Waals surface area contributed by atoms with Gasteiger partial charge in [-0.15, -0.1) is 0 Å². The van der Waals surface area contributed by atoms with Gasteiger partial charge >= 0.3 is 0 Å². The minimum Gasteiger partial charge on any atom is -0.494 e. The molecule has 8 aromatic rings. The van der Waals surface area contributed by atoms with E-state index in [-0.39, 0.29) is 29.4 Å². The number of ether oxygens (including phenoxy) is 4. The average molecular weight is 843 g/mol. The van der Waals surface area contributed by atoms with Crippen molar-refractivity contribution in [2.45, 2.75) is 27.7 Å². The Labute approximate surface area is 354 Å². The van der Waals surface area contributed by atoms with Gasteiger partial charge in [-0.3, -0.25) is 0 Å². The molecule has 0 unspecified atom stereocenters. The number of benzene rings is 4. The Balaban J connectivity index is 1.37. The number of halogens is 3. The van der Waals surface area contributed by atoms with Crippen LogP contribution in [0.15, 0.2) is 116 Å². The average Bonchev–Trinajstić information content (AvgIpc) is 3.88. The monoisotopic (exact) mass is 842 g/mol. The first kappa shape index (κ1) is 40.2. The Bertz CT molecular complexity index is 2870. The zero-order valence-electron chi connectivity index (χ0n) is 33.7. The second-order valence-corrected chi connectivity index (χ2v) is 14.1. The number of hydrazine groups is 1. The van der Waals surface area contributed by atoms with Crippen LogP contribution in [0.2, 0.25) is 5.02 Å². The molecule has 4 aromatic carbocycles. The van der Waals surface area contributed by atoms with E-state index in [2.05, 4.69) is 9.97 Å². The summed E-state index contributed by atoms with van der Waals surface area (Å²) in [7, 11) is 3.14.